The highest BCUT2D eigenvalue weighted by atomic mass is 32.1. The van der Waals surface area contributed by atoms with E-state index < -0.39 is 0 Å². The minimum absolute atomic E-state index is 0.0189. The third-order valence-electron chi connectivity index (χ3n) is 5.01. The van der Waals surface area contributed by atoms with Crippen molar-refractivity contribution in [2.24, 2.45) is 0 Å². The fraction of sp³-hybridized carbons (Fsp3) is 0.476. The van der Waals surface area contributed by atoms with Gasteiger partial charge in [-0.05, 0) is 29.1 Å². The molecule has 1 fully saturated rings. The van der Waals surface area contributed by atoms with Crippen molar-refractivity contribution in [2.75, 3.05) is 54.1 Å². The number of carbonyl (C=O) groups is 1. The Morgan fingerprint density at radius 3 is 2.24 bits per heavy atom. The third kappa shape index (κ3) is 5.85. The number of benzene rings is 1. The van der Waals surface area contributed by atoms with Gasteiger partial charge >= 0.3 is 0 Å². The van der Waals surface area contributed by atoms with Gasteiger partial charge in [0.25, 0.3) is 0 Å². The molecular weight excluding hydrogens is 390 g/mol. The Morgan fingerprint density at radius 1 is 1.03 bits per heavy atom. The number of hydrogen-bond acceptors (Lipinski definition) is 7. The predicted octanol–water partition coefficient (Wildman–Crippen LogP) is 2.21. The summed E-state index contributed by atoms with van der Waals surface area (Å²) in [6.07, 6.45) is 0. The molecule has 0 bridgehead atoms. The second kappa shape index (κ2) is 10.5. The summed E-state index contributed by atoms with van der Waals surface area (Å²) >= 11 is 1.79. The minimum Gasteiger partial charge on any atom is -0.493 e. The average Bonchev–Trinajstić information content (AvgIpc) is 3.25. The Morgan fingerprint density at radius 2 is 1.69 bits per heavy atom. The second-order valence-electron chi connectivity index (χ2n) is 6.94. The molecule has 2 heterocycles. The lowest BCUT2D eigenvalue weighted by Crippen LogP contribution is -2.48. The van der Waals surface area contributed by atoms with Crippen molar-refractivity contribution in [1.82, 2.24) is 15.1 Å². The van der Waals surface area contributed by atoms with E-state index in [-0.39, 0.29) is 5.91 Å². The first-order chi connectivity index (χ1) is 14.1. The third-order valence-corrected chi connectivity index (χ3v) is 5.87. The average molecular weight is 420 g/mol. The van der Waals surface area contributed by atoms with Crippen LogP contribution in [0.5, 0.6) is 17.2 Å². The zero-order valence-electron chi connectivity index (χ0n) is 17.3. The summed E-state index contributed by atoms with van der Waals surface area (Å²) in [6.45, 7) is 5.60. The molecule has 2 aromatic rings. The maximum absolute atomic E-state index is 12.4. The standard InChI is InChI=1S/C21H29N3O4S/c1-26-18-11-16(12-19(27-2)21(18)28-3)13-22-20(25)15-24-8-6-23(7-9-24)14-17-5-4-10-29-17/h4-5,10-12H,6-9,13-15H2,1-3H3,(H,22,25). The molecule has 0 spiro atoms. The molecule has 158 valence electrons. The number of ether oxygens (including phenoxy) is 3. The Kier molecular flexibility index (Phi) is 7.74. The summed E-state index contributed by atoms with van der Waals surface area (Å²) in [6, 6.07) is 7.97. The maximum atomic E-state index is 12.4. The Balaban J connectivity index is 1.45. The Hall–Kier alpha value is -2.29. The summed E-state index contributed by atoms with van der Waals surface area (Å²) in [7, 11) is 4.73. The van der Waals surface area contributed by atoms with Crippen LogP contribution in [0.1, 0.15) is 10.4 Å². The van der Waals surface area contributed by atoms with Gasteiger partial charge in [0.15, 0.2) is 11.5 Å². The topological polar surface area (TPSA) is 63.3 Å². The molecule has 0 unspecified atom stereocenters. The van der Waals surface area contributed by atoms with E-state index in [1.807, 2.05) is 12.1 Å². The van der Waals surface area contributed by atoms with Crippen molar-refractivity contribution in [3.63, 3.8) is 0 Å². The van der Waals surface area contributed by atoms with Crippen molar-refractivity contribution in [1.29, 1.82) is 0 Å². The molecule has 1 amide bonds. The normalized spacial score (nSPS) is 15.1. The fourth-order valence-corrected chi connectivity index (χ4v) is 4.17. The van der Waals surface area contributed by atoms with Crippen molar-refractivity contribution < 1.29 is 19.0 Å². The first-order valence-corrected chi connectivity index (χ1v) is 10.5. The highest BCUT2D eigenvalue weighted by molar-refractivity contribution is 7.09. The second-order valence-corrected chi connectivity index (χ2v) is 7.97. The van der Waals surface area contributed by atoms with E-state index in [2.05, 4.69) is 32.6 Å². The number of amides is 1. The van der Waals surface area contributed by atoms with E-state index in [0.29, 0.717) is 30.3 Å². The van der Waals surface area contributed by atoms with Crippen LogP contribution in [0.3, 0.4) is 0 Å². The Bertz CT molecular complexity index is 764. The van der Waals surface area contributed by atoms with E-state index >= 15 is 0 Å². The lowest BCUT2D eigenvalue weighted by Gasteiger charge is -2.34. The van der Waals surface area contributed by atoms with Crippen LogP contribution < -0.4 is 19.5 Å². The van der Waals surface area contributed by atoms with Crippen LogP contribution in [-0.4, -0.2) is 69.8 Å². The lowest BCUT2D eigenvalue weighted by molar-refractivity contribution is -0.122. The molecular formula is C21H29N3O4S. The van der Waals surface area contributed by atoms with Crippen LogP contribution >= 0.6 is 11.3 Å². The number of thiophene rings is 1. The number of nitrogens with zero attached hydrogens (tertiary/aromatic N) is 2. The van der Waals surface area contributed by atoms with Crippen LogP contribution in [0, 0.1) is 0 Å². The quantitative estimate of drug-likeness (QED) is 0.672. The van der Waals surface area contributed by atoms with Crippen LogP contribution in [0.4, 0.5) is 0 Å². The summed E-state index contributed by atoms with van der Waals surface area (Å²) in [5, 5.41) is 5.10. The van der Waals surface area contributed by atoms with Gasteiger partial charge in [0.1, 0.15) is 0 Å². The fourth-order valence-electron chi connectivity index (χ4n) is 3.43. The van der Waals surface area contributed by atoms with Crippen molar-refractivity contribution >= 4 is 17.2 Å². The van der Waals surface area contributed by atoms with E-state index in [0.717, 1.165) is 38.3 Å². The van der Waals surface area contributed by atoms with Crippen molar-refractivity contribution in [2.45, 2.75) is 13.1 Å². The van der Waals surface area contributed by atoms with Gasteiger partial charge in [-0.15, -0.1) is 11.3 Å². The maximum Gasteiger partial charge on any atom is 0.234 e. The van der Waals surface area contributed by atoms with Gasteiger partial charge in [0.2, 0.25) is 11.7 Å². The number of carbonyl (C=O) groups excluding carboxylic acids is 1. The molecule has 8 heteroatoms. The minimum atomic E-state index is 0.0189. The number of nitrogens with one attached hydrogen (secondary N) is 1. The van der Waals surface area contributed by atoms with Gasteiger partial charge in [0, 0.05) is 44.1 Å². The summed E-state index contributed by atoms with van der Waals surface area (Å²) in [5.74, 6) is 1.73. The summed E-state index contributed by atoms with van der Waals surface area (Å²) in [5.41, 5.74) is 0.897. The van der Waals surface area contributed by atoms with Gasteiger partial charge in [-0.1, -0.05) is 6.07 Å². The largest absolute Gasteiger partial charge is 0.493 e. The highest BCUT2D eigenvalue weighted by Gasteiger charge is 2.19. The zero-order chi connectivity index (χ0) is 20.6. The molecule has 1 saturated heterocycles. The SMILES string of the molecule is COc1cc(CNC(=O)CN2CCN(Cc3cccs3)CC2)cc(OC)c1OC. The number of rotatable bonds is 9. The monoisotopic (exact) mass is 419 g/mol. The van der Waals surface area contributed by atoms with Crippen LogP contribution in [0.15, 0.2) is 29.6 Å². The first kappa shape index (κ1) is 21.4. The molecule has 0 saturated carbocycles. The first-order valence-electron chi connectivity index (χ1n) is 9.65. The molecule has 0 aliphatic carbocycles. The van der Waals surface area contributed by atoms with Crippen molar-refractivity contribution in [3.05, 3.63) is 40.1 Å². The van der Waals surface area contributed by atoms with Crippen LogP contribution in [0.2, 0.25) is 0 Å². The van der Waals surface area contributed by atoms with Gasteiger partial charge < -0.3 is 19.5 Å². The summed E-state index contributed by atoms with van der Waals surface area (Å²) in [4.78, 5) is 18.4. The van der Waals surface area contributed by atoms with Crippen LogP contribution in [0.25, 0.3) is 0 Å². The molecule has 3 rings (SSSR count). The smallest absolute Gasteiger partial charge is 0.234 e. The van der Waals surface area contributed by atoms with Gasteiger partial charge in [0.05, 0.1) is 27.9 Å². The van der Waals surface area contributed by atoms with E-state index in [1.165, 1.54) is 4.88 Å². The van der Waals surface area contributed by atoms with Crippen molar-refractivity contribution in [3.8, 4) is 17.2 Å². The number of hydrogen-bond donors (Lipinski definition) is 1. The molecule has 1 N–H and O–H groups in total. The number of methoxy groups -OCH3 is 3. The van der Waals surface area contributed by atoms with Crippen LogP contribution in [-0.2, 0) is 17.9 Å². The van der Waals surface area contributed by atoms with E-state index in [4.69, 9.17) is 14.2 Å². The summed E-state index contributed by atoms with van der Waals surface area (Å²) < 4.78 is 16.1. The van der Waals surface area contributed by atoms with Gasteiger partial charge in [-0.25, -0.2) is 0 Å². The molecule has 29 heavy (non-hydrogen) atoms. The van der Waals surface area contributed by atoms with E-state index in [9.17, 15) is 4.79 Å². The molecule has 1 aliphatic heterocycles. The Labute approximate surface area is 176 Å². The molecule has 1 aromatic heterocycles. The molecule has 0 atom stereocenters. The molecule has 1 aliphatic rings. The molecule has 7 nitrogen and oxygen atoms in total. The highest BCUT2D eigenvalue weighted by Crippen LogP contribution is 2.38. The van der Waals surface area contributed by atoms with Gasteiger partial charge in [-0.2, -0.15) is 0 Å². The molecule has 1 aromatic carbocycles. The van der Waals surface area contributed by atoms with E-state index in [1.54, 1.807) is 32.7 Å². The molecule has 0 radical (unpaired) electrons. The zero-order valence-corrected chi connectivity index (χ0v) is 18.1. The predicted molar refractivity (Wildman–Crippen MR) is 114 cm³/mol. The lowest BCUT2D eigenvalue weighted by atomic mass is 10.1. The number of piperazine rings is 1. The van der Waals surface area contributed by atoms with Gasteiger partial charge in [-0.3, -0.25) is 14.6 Å².